The molecule has 0 bridgehead atoms. The molecule has 0 saturated heterocycles. The van der Waals surface area contributed by atoms with Crippen LogP contribution < -0.4 is 14.4 Å². The summed E-state index contributed by atoms with van der Waals surface area (Å²) in [5.41, 5.74) is 1.09. The van der Waals surface area contributed by atoms with E-state index >= 15 is 0 Å². The summed E-state index contributed by atoms with van der Waals surface area (Å²) in [7, 11) is -2.18. The molecule has 1 atom stereocenters. The molecule has 0 aliphatic heterocycles. The van der Waals surface area contributed by atoms with Crippen molar-refractivity contribution in [2.24, 2.45) is 0 Å². The minimum Gasteiger partial charge on any atom is -0.497 e. The smallest absolute Gasteiger partial charge is 0.244 e. The van der Waals surface area contributed by atoms with Crippen molar-refractivity contribution in [1.29, 1.82) is 0 Å². The number of carbonyl (C=O) groups excluding carboxylic acids is 1. The minimum absolute atomic E-state index is 0.241. The molecule has 6 nitrogen and oxygen atoms in total. The van der Waals surface area contributed by atoms with E-state index in [9.17, 15) is 17.6 Å². The average Bonchev–Trinajstić information content (AvgIpc) is 2.64. The molecule has 8 heteroatoms. The molecule has 1 amide bonds. The lowest BCUT2D eigenvalue weighted by atomic mass is 10.1. The molecular formula is C19H23FN2O4S. The van der Waals surface area contributed by atoms with Crippen LogP contribution in [0.2, 0.25) is 0 Å². The molecule has 0 saturated carbocycles. The van der Waals surface area contributed by atoms with Crippen LogP contribution in [0.5, 0.6) is 5.75 Å². The number of hydrogen-bond donors (Lipinski definition) is 1. The second kappa shape index (κ2) is 8.85. The number of nitrogens with zero attached hydrogens (tertiary/aromatic N) is 1. The maximum Gasteiger partial charge on any atom is 0.244 e. The van der Waals surface area contributed by atoms with Crippen molar-refractivity contribution in [2.75, 3.05) is 17.7 Å². The Bertz CT molecular complexity index is 868. The van der Waals surface area contributed by atoms with Crippen molar-refractivity contribution in [2.45, 2.75) is 25.9 Å². The van der Waals surface area contributed by atoms with Crippen LogP contribution in [0.4, 0.5) is 10.1 Å². The van der Waals surface area contributed by atoms with Gasteiger partial charge in [0.2, 0.25) is 15.9 Å². The fourth-order valence-corrected chi connectivity index (χ4v) is 3.91. The molecule has 0 radical (unpaired) electrons. The van der Waals surface area contributed by atoms with E-state index in [1.807, 2.05) is 12.1 Å². The second-order valence-corrected chi connectivity index (χ2v) is 7.88. The van der Waals surface area contributed by atoms with Crippen molar-refractivity contribution >= 4 is 21.6 Å². The quantitative estimate of drug-likeness (QED) is 0.747. The zero-order chi connectivity index (χ0) is 20.0. The lowest BCUT2D eigenvalue weighted by Crippen LogP contribution is -2.49. The van der Waals surface area contributed by atoms with Crippen LogP contribution in [0, 0.1) is 5.82 Å². The zero-order valence-electron chi connectivity index (χ0n) is 15.5. The number of benzene rings is 2. The summed E-state index contributed by atoms with van der Waals surface area (Å²) >= 11 is 0. The number of sulfonamides is 1. The molecule has 2 aromatic rings. The minimum atomic E-state index is -3.75. The van der Waals surface area contributed by atoms with Crippen LogP contribution in [-0.4, -0.2) is 33.7 Å². The van der Waals surface area contributed by atoms with E-state index in [1.54, 1.807) is 26.2 Å². The third-order valence-electron chi connectivity index (χ3n) is 4.04. The largest absolute Gasteiger partial charge is 0.497 e. The van der Waals surface area contributed by atoms with E-state index in [0.717, 1.165) is 28.3 Å². The Morgan fingerprint density at radius 3 is 2.22 bits per heavy atom. The van der Waals surface area contributed by atoms with E-state index in [2.05, 4.69) is 5.32 Å². The predicted octanol–water partition coefficient (Wildman–Crippen LogP) is 2.70. The lowest BCUT2D eigenvalue weighted by molar-refractivity contribution is -0.122. The number of ether oxygens (including phenoxy) is 1. The van der Waals surface area contributed by atoms with E-state index < -0.39 is 27.8 Å². The van der Waals surface area contributed by atoms with Crippen molar-refractivity contribution in [3.8, 4) is 5.75 Å². The summed E-state index contributed by atoms with van der Waals surface area (Å²) in [6.45, 7) is 1.97. The fourth-order valence-electron chi connectivity index (χ4n) is 2.70. The Morgan fingerprint density at radius 2 is 1.74 bits per heavy atom. The number of carbonyl (C=O) groups is 1. The van der Waals surface area contributed by atoms with E-state index in [0.29, 0.717) is 5.75 Å². The number of anilines is 1. The van der Waals surface area contributed by atoms with Gasteiger partial charge in [-0.15, -0.1) is 0 Å². The van der Waals surface area contributed by atoms with Crippen molar-refractivity contribution < 1.29 is 22.3 Å². The van der Waals surface area contributed by atoms with Crippen molar-refractivity contribution in [3.63, 3.8) is 0 Å². The van der Waals surface area contributed by atoms with Crippen LogP contribution in [0.15, 0.2) is 48.5 Å². The number of nitrogens with one attached hydrogen (secondary N) is 1. The molecular weight excluding hydrogens is 371 g/mol. The molecule has 27 heavy (non-hydrogen) atoms. The van der Waals surface area contributed by atoms with Gasteiger partial charge in [0.1, 0.15) is 17.6 Å². The molecule has 0 aliphatic rings. The number of hydrogen-bond acceptors (Lipinski definition) is 4. The maximum atomic E-state index is 13.2. The van der Waals surface area contributed by atoms with Gasteiger partial charge >= 0.3 is 0 Å². The Hall–Kier alpha value is -2.61. The summed E-state index contributed by atoms with van der Waals surface area (Å²) in [5.74, 6) is -0.205. The second-order valence-electron chi connectivity index (χ2n) is 6.03. The van der Waals surface area contributed by atoms with Crippen LogP contribution in [-0.2, 0) is 21.4 Å². The molecule has 2 aromatic carbocycles. The number of amides is 1. The topological polar surface area (TPSA) is 75.7 Å². The van der Waals surface area contributed by atoms with Crippen molar-refractivity contribution in [3.05, 3.63) is 59.9 Å². The summed E-state index contributed by atoms with van der Waals surface area (Å²) in [6.07, 6.45) is 1.29. The monoisotopic (exact) mass is 394 g/mol. The summed E-state index contributed by atoms with van der Waals surface area (Å²) in [4.78, 5) is 12.7. The number of halogens is 1. The molecule has 0 unspecified atom stereocenters. The van der Waals surface area contributed by atoms with Crippen LogP contribution in [0.3, 0.4) is 0 Å². The molecule has 1 N–H and O–H groups in total. The average molecular weight is 394 g/mol. The first-order valence-electron chi connectivity index (χ1n) is 8.42. The molecule has 0 aromatic heterocycles. The van der Waals surface area contributed by atoms with Gasteiger partial charge in [-0.05, 0) is 48.4 Å². The molecule has 0 aliphatic carbocycles. The standard InChI is InChI=1S/C19H23FN2O4S/c1-4-18(19(23)21-13-14-5-11-17(26-2)12-6-14)22(27(3,24)25)16-9-7-15(20)8-10-16/h5-12,18H,4,13H2,1-3H3,(H,21,23)/t18-/m1/s1. The third kappa shape index (κ3) is 5.43. The Morgan fingerprint density at radius 1 is 1.15 bits per heavy atom. The molecule has 0 spiro atoms. The van der Waals surface area contributed by atoms with Gasteiger partial charge in [0.15, 0.2) is 0 Å². The van der Waals surface area contributed by atoms with Crippen LogP contribution >= 0.6 is 0 Å². The Labute approximate surface area is 159 Å². The first-order valence-corrected chi connectivity index (χ1v) is 10.3. The highest BCUT2D eigenvalue weighted by atomic mass is 32.2. The zero-order valence-corrected chi connectivity index (χ0v) is 16.3. The highest BCUT2D eigenvalue weighted by Gasteiger charge is 2.31. The first kappa shape index (κ1) is 20.7. The summed E-state index contributed by atoms with van der Waals surface area (Å²) in [5, 5.41) is 2.76. The van der Waals surface area contributed by atoms with Crippen LogP contribution in [0.1, 0.15) is 18.9 Å². The normalized spacial score (nSPS) is 12.3. The SMILES string of the molecule is CC[C@H](C(=O)NCc1ccc(OC)cc1)N(c1ccc(F)cc1)S(C)(=O)=O. The first-order chi connectivity index (χ1) is 12.8. The van der Waals surface area contributed by atoms with Gasteiger partial charge in [0.25, 0.3) is 0 Å². The Balaban J connectivity index is 2.19. The van der Waals surface area contributed by atoms with E-state index in [4.69, 9.17) is 4.74 Å². The van der Waals surface area contributed by atoms with Gasteiger partial charge in [0, 0.05) is 6.54 Å². The molecule has 0 fully saturated rings. The molecule has 146 valence electrons. The Kier molecular flexibility index (Phi) is 6.79. The number of rotatable bonds is 8. The van der Waals surface area contributed by atoms with Gasteiger partial charge in [-0.25, -0.2) is 12.8 Å². The van der Waals surface area contributed by atoms with Crippen molar-refractivity contribution in [1.82, 2.24) is 5.32 Å². The van der Waals surface area contributed by atoms with Gasteiger partial charge in [0.05, 0.1) is 19.1 Å². The van der Waals surface area contributed by atoms with Gasteiger partial charge in [-0.3, -0.25) is 9.10 Å². The van der Waals surface area contributed by atoms with Gasteiger partial charge < -0.3 is 10.1 Å². The predicted molar refractivity (Wildman–Crippen MR) is 103 cm³/mol. The lowest BCUT2D eigenvalue weighted by Gasteiger charge is -2.30. The van der Waals surface area contributed by atoms with Gasteiger partial charge in [-0.2, -0.15) is 0 Å². The summed E-state index contributed by atoms with van der Waals surface area (Å²) in [6, 6.07) is 11.3. The van der Waals surface area contributed by atoms with Gasteiger partial charge in [-0.1, -0.05) is 19.1 Å². The van der Waals surface area contributed by atoms with Crippen LogP contribution in [0.25, 0.3) is 0 Å². The molecule has 0 heterocycles. The third-order valence-corrected chi connectivity index (χ3v) is 5.22. The van der Waals surface area contributed by atoms with E-state index in [1.165, 1.54) is 12.1 Å². The highest BCUT2D eigenvalue weighted by molar-refractivity contribution is 7.92. The fraction of sp³-hybridized carbons (Fsp3) is 0.316. The maximum absolute atomic E-state index is 13.2. The highest BCUT2D eigenvalue weighted by Crippen LogP contribution is 2.23. The number of methoxy groups -OCH3 is 1. The van der Waals surface area contributed by atoms with E-state index in [-0.39, 0.29) is 18.7 Å². The molecule has 2 rings (SSSR count). The summed E-state index contributed by atoms with van der Waals surface area (Å²) < 4.78 is 43.9.